The highest BCUT2D eigenvalue weighted by Gasteiger charge is 1.98. The molecular formula is C12H18. The van der Waals surface area contributed by atoms with Crippen molar-refractivity contribution in [2.75, 3.05) is 0 Å². The van der Waals surface area contributed by atoms with Crippen LogP contribution in [0, 0.1) is 5.92 Å². The molecule has 0 radical (unpaired) electrons. The summed E-state index contributed by atoms with van der Waals surface area (Å²) in [6.07, 6.45) is 2.97. The van der Waals surface area contributed by atoms with Crippen molar-refractivity contribution in [3.63, 3.8) is 0 Å². The van der Waals surface area contributed by atoms with Crippen molar-refractivity contribution in [2.24, 2.45) is 5.92 Å². The van der Waals surface area contributed by atoms with E-state index in [1.807, 2.05) is 6.07 Å². The highest BCUT2D eigenvalue weighted by Crippen LogP contribution is 2.11. The van der Waals surface area contributed by atoms with Crippen LogP contribution < -0.4 is 0 Å². The SMILES string of the molecule is [2H]CC[C@@H](C[2H])CCc1ccccc1. The van der Waals surface area contributed by atoms with Crippen molar-refractivity contribution in [1.29, 1.82) is 0 Å². The van der Waals surface area contributed by atoms with E-state index in [0.29, 0.717) is 19.7 Å². The summed E-state index contributed by atoms with van der Waals surface area (Å²) in [5.74, 6) is 0.410. The number of rotatable bonds is 4. The summed E-state index contributed by atoms with van der Waals surface area (Å²) in [5.41, 5.74) is 1.34. The van der Waals surface area contributed by atoms with E-state index in [2.05, 4.69) is 24.3 Å². The minimum atomic E-state index is 0.410. The second-order valence-corrected chi connectivity index (χ2v) is 3.18. The lowest BCUT2D eigenvalue weighted by atomic mass is 9.99. The number of benzene rings is 1. The number of hydrogen-bond acceptors (Lipinski definition) is 0. The molecule has 0 heterocycles. The maximum Gasteiger partial charge on any atom is 0.0233 e. The molecule has 0 saturated heterocycles. The van der Waals surface area contributed by atoms with Gasteiger partial charge in [0.25, 0.3) is 0 Å². The molecule has 0 nitrogen and oxygen atoms in total. The fraction of sp³-hybridized carbons (Fsp3) is 0.500. The van der Waals surface area contributed by atoms with Gasteiger partial charge in [0, 0.05) is 2.74 Å². The molecule has 1 rings (SSSR count). The molecule has 0 unspecified atom stereocenters. The Hall–Kier alpha value is -0.780. The summed E-state index contributed by atoms with van der Waals surface area (Å²) in [6.45, 7) is 0.921. The van der Waals surface area contributed by atoms with E-state index >= 15 is 0 Å². The van der Waals surface area contributed by atoms with E-state index < -0.39 is 0 Å². The zero-order valence-corrected chi connectivity index (χ0v) is 7.50. The topological polar surface area (TPSA) is 0 Å². The molecule has 12 heavy (non-hydrogen) atoms. The molecule has 1 aromatic rings. The predicted molar refractivity (Wildman–Crippen MR) is 54.2 cm³/mol. The first kappa shape index (κ1) is 6.71. The standard InChI is InChI=1S/C12H18/c1-3-11(2)9-10-12-7-5-4-6-8-12/h4-8,11H,3,9-10H2,1-2H3/t11-/m1/s1/i1D,2D. The Kier molecular flexibility index (Phi) is 2.78. The minimum absolute atomic E-state index is 0.410. The molecule has 1 aromatic carbocycles. The third-order valence-corrected chi connectivity index (χ3v) is 2.09. The maximum absolute atomic E-state index is 7.35. The first-order valence-corrected chi connectivity index (χ1v) is 4.49. The third-order valence-electron chi connectivity index (χ3n) is 2.09. The fourth-order valence-corrected chi connectivity index (χ4v) is 1.16. The normalized spacial score (nSPS) is 15.0. The van der Waals surface area contributed by atoms with E-state index in [4.69, 9.17) is 2.74 Å². The van der Waals surface area contributed by atoms with Gasteiger partial charge in [-0.15, -0.1) is 0 Å². The summed E-state index contributed by atoms with van der Waals surface area (Å²) in [4.78, 5) is 0. The van der Waals surface area contributed by atoms with Crippen molar-refractivity contribution in [2.45, 2.75) is 33.1 Å². The Bertz CT molecular complexity index is 233. The minimum Gasteiger partial charge on any atom is -0.0651 e. The van der Waals surface area contributed by atoms with Crippen LogP contribution in [0.3, 0.4) is 0 Å². The van der Waals surface area contributed by atoms with Gasteiger partial charge in [0.15, 0.2) is 0 Å². The van der Waals surface area contributed by atoms with Gasteiger partial charge in [0.2, 0.25) is 0 Å². The zero-order chi connectivity index (χ0) is 10.2. The summed E-state index contributed by atoms with van der Waals surface area (Å²) < 4.78 is 14.5. The average molecular weight is 164 g/mol. The summed E-state index contributed by atoms with van der Waals surface area (Å²) in [6, 6.07) is 10.4. The molecule has 0 aliphatic heterocycles. The van der Waals surface area contributed by atoms with Gasteiger partial charge >= 0.3 is 0 Å². The molecule has 0 bridgehead atoms. The molecule has 0 amide bonds. The van der Waals surface area contributed by atoms with E-state index in [9.17, 15) is 0 Å². The van der Waals surface area contributed by atoms with Gasteiger partial charge in [-0.25, -0.2) is 0 Å². The Morgan fingerprint density at radius 3 is 2.83 bits per heavy atom. The summed E-state index contributed by atoms with van der Waals surface area (Å²) >= 11 is 0. The van der Waals surface area contributed by atoms with Crippen LogP contribution in [0.2, 0.25) is 0 Å². The zero-order valence-electron chi connectivity index (χ0n) is 9.50. The van der Waals surface area contributed by atoms with Gasteiger partial charge in [-0.05, 0) is 24.3 Å². The maximum atomic E-state index is 7.35. The van der Waals surface area contributed by atoms with Gasteiger partial charge in [-0.2, -0.15) is 0 Å². The van der Waals surface area contributed by atoms with Crippen molar-refractivity contribution in [3.05, 3.63) is 35.9 Å². The van der Waals surface area contributed by atoms with Crippen molar-refractivity contribution < 1.29 is 2.74 Å². The molecule has 0 N–H and O–H groups in total. The van der Waals surface area contributed by atoms with Crippen molar-refractivity contribution >= 4 is 0 Å². The molecule has 0 aromatic heterocycles. The predicted octanol–water partition coefficient (Wildman–Crippen LogP) is 3.67. The van der Waals surface area contributed by atoms with Crippen molar-refractivity contribution in [3.8, 4) is 0 Å². The summed E-state index contributed by atoms with van der Waals surface area (Å²) in [7, 11) is 0. The monoisotopic (exact) mass is 164 g/mol. The number of hydrogen-bond donors (Lipinski definition) is 0. The lowest BCUT2D eigenvalue weighted by molar-refractivity contribution is 0.516. The Balaban J connectivity index is 2.32. The Labute approximate surface area is 78.4 Å². The largest absolute Gasteiger partial charge is 0.0651 e. The first-order chi connectivity index (χ1) is 6.86. The molecular weight excluding hydrogens is 144 g/mol. The second kappa shape index (κ2) is 4.97. The highest BCUT2D eigenvalue weighted by molar-refractivity contribution is 5.14. The fourth-order valence-electron chi connectivity index (χ4n) is 1.16. The van der Waals surface area contributed by atoms with Crippen LogP contribution in [-0.4, -0.2) is 0 Å². The molecule has 66 valence electrons. The van der Waals surface area contributed by atoms with Crippen LogP contribution in [0.5, 0.6) is 0 Å². The first-order valence-electron chi connectivity index (χ1n) is 5.90. The number of aryl methyl sites for hydroxylation is 1. The van der Waals surface area contributed by atoms with Crippen LogP contribution in [0.1, 0.15) is 34.9 Å². The molecule has 0 aliphatic carbocycles. The molecule has 1 atom stereocenters. The molecule has 0 heteroatoms. The van der Waals surface area contributed by atoms with E-state index in [1.165, 1.54) is 5.56 Å². The van der Waals surface area contributed by atoms with Gasteiger partial charge in [-0.3, -0.25) is 0 Å². The van der Waals surface area contributed by atoms with Crippen LogP contribution >= 0.6 is 0 Å². The van der Waals surface area contributed by atoms with Gasteiger partial charge < -0.3 is 0 Å². The van der Waals surface area contributed by atoms with Gasteiger partial charge in [0.1, 0.15) is 0 Å². The molecule has 0 aliphatic rings. The van der Waals surface area contributed by atoms with E-state index in [-0.39, 0.29) is 0 Å². The van der Waals surface area contributed by atoms with Gasteiger partial charge in [0.05, 0.1) is 0 Å². The lowest BCUT2D eigenvalue weighted by Gasteiger charge is -2.07. The van der Waals surface area contributed by atoms with Crippen LogP contribution in [0.25, 0.3) is 0 Å². The molecule has 0 fully saturated rings. The lowest BCUT2D eigenvalue weighted by Crippen LogP contribution is -1.94. The Morgan fingerprint density at radius 2 is 2.17 bits per heavy atom. The van der Waals surface area contributed by atoms with E-state index in [1.54, 1.807) is 0 Å². The average Bonchev–Trinajstić information content (AvgIpc) is 2.25. The highest BCUT2D eigenvalue weighted by atomic mass is 14.0. The van der Waals surface area contributed by atoms with Crippen LogP contribution in [0.15, 0.2) is 30.3 Å². The van der Waals surface area contributed by atoms with E-state index in [0.717, 1.165) is 19.3 Å². The van der Waals surface area contributed by atoms with Crippen LogP contribution in [0.4, 0.5) is 0 Å². The molecule has 0 saturated carbocycles. The van der Waals surface area contributed by atoms with Gasteiger partial charge in [-0.1, -0.05) is 50.6 Å². The second-order valence-electron chi connectivity index (χ2n) is 3.18. The summed E-state index contributed by atoms with van der Waals surface area (Å²) in [5, 5.41) is 0. The quantitative estimate of drug-likeness (QED) is 0.637. The Morgan fingerprint density at radius 1 is 1.33 bits per heavy atom. The smallest absolute Gasteiger partial charge is 0.0233 e. The van der Waals surface area contributed by atoms with Crippen molar-refractivity contribution in [1.82, 2.24) is 0 Å². The third kappa shape index (κ3) is 3.08. The molecule has 0 spiro atoms. The van der Waals surface area contributed by atoms with Crippen LogP contribution in [-0.2, 0) is 6.42 Å².